The van der Waals surface area contributed by atoms with Gasteiger partial charge in [0.25, 0.3) is 0 Å². The number of nitrogen functional groups attached to an aromatic ring is 1. The van der Waals surface area contributed by atoms with Crippen molar-refractivity contribution in [3.63, 3.8) is 0 Å². The largest absolute Gasteiger partial charge is 0.399 e. The Balaban J connectivity index is 1.82. The maximum atomic E-state index is 5.77. The number of anilines is 2. The Labute approximate surface area is 111 Å². The minimum Gasteiger partial charge on any atom is -0.399 e. The van der Waals surface area contributed by atoms with Gasteiger partial charge in [0.05, 0.1) is 5.52 Å². The van der Waals surface area contributed by atoms with Crippen LogP contribution < -0.4 is 11.1 Å². The molecule has 1 aliphatic rings. The highest BCUT2D eigenvalue weighted by atomic mass is 32.2. The third-order valence-corrected chi connectivity index (χ3v) is 4.44. The average molecular weight is 259 g/mol. The number of nitrogens with one attached hydrogen (secondary N) is 1. The van der Waals surface area contributed by atoms with Gasteiger partial charge in [0.2, 0.25) is 0 Å². The fraction of sp³-hybridized carbons (Fsp3) is 0.357. The van der Waals surface area contributed by atoms with Gasteiger partial charge in [0, 0.05) is 22.9 Å². The second-order valence-corrected chi connectivity index (χ2v) is 5.86. The number of hydrogen-bond donors (Lipinski definition) is 2. The molecule has 94 valence electrons. The van der Waals surface area contributed by atoms with E-state index in [1.54, 1.807) is 0 Å². The summed E-state index contributed by atoms with van der Waals surface area (Å²) in [6.45, 7) is 0. The van der Waals surface area contributed by atoms with Crippen LogP contribution in [0.3, 0.4) is 0 Å². The molecule has 0 spiro atoms. The lowest BCUT2D eigenvalue weighted by Gasteiger charge is -2.23. The Morgan fingerprint density at radius 2 is 2.22 bits per heavy atom. The third-order valence-electron chi connectivity index (χ3n) is 3.23. The lowest BCUT2D eigenvalue weighted by atomic mass is 10.1. The monoisotopic (exact) mass is 259 g/mol. The molecular weight excluding hydrogens is 242 g/mol. The molecule has 1 aromatic carbocycles. The normalized spacial score (nSPS) is 19.9. The first kappa shape index (κ1) is 11.7. The van der Waals surface area contributed by atoms with Crippen molar-refractivity contribution >= 4 is 34.2 Å². The van der Waals surface area contributed by atoms with Crippen LogP contribution in [0, 0.1) is 0 Å². The van der Waals surface area contributed by atoms with Crippen LogP contribution in [0.15, 0.2) is 30.3 Å². The molecule has 1 aromatic heterocycles. The number of fused-ring (bicyclic) bond motifs is 1. The molecule has 2 heterocycles. The van der Waals surface area contributed by atoms with E-state index < -0.39 is 0 Å². The summed E-state index contributed by atoms with van der Waals surface area (Å²) in [5, 5.41) is 4.62. The molecule has 1 fully saturated rings. The number of aromatic nitrogens is 1. The first-order valence-electron chi connectivity index (χ1n) is 6.32. The number of thioether (sulfide) groups is 1. The van der Waals surface area contributed by atoms with Crippen LogP contribution in [-0.2, 0) is 0 Å². The molecule has 4 heteroatoms. The summed E-state index contributed by atoms with van der Waals surface area (Å²) in [6, 6.07) is 10.5. The molecule has 2 aromatic rings. The maximum Gasteiger partial charge on any atom is 0.126 e. The van der Waals surface area contributed by atoms with E-state index in [2.05, 4.69) is 16.4 Å². The zero-order valence-electron chi connectivity index (χ0n) is 10.2. The summed E-state index contributed by atoms with van der Waals surface area (Å²) < 4.78 is 0. The lowest BCUT2D eigenvalue weighted by Crippen LogP contribution is -2.26. The minimum absolute atomic E-state index is 0.558. The first-order valence-corrected chi connectivity index (χ1v) is 7.47. The number of benzene rings is 1. The highest BCUT2D eigenvalue weighted by Crippen LogP contribution is 2.22. The Morgan fingerprint density at radius 3 is 3.06 bits per heavy atom. The van der Waals surface area contributed by atoms with Gasteiger partial charge >= 0.3 is 0 Å². The van der Waals surface area contributed by atoms with Gasteiger partial charge < -0.3 is 11.1 Å². The fourth-order valence-electron chi connectivity index (χ4n) is 2.29. The molecule has 3 nitrogen and oxygen atoms in total. The number of rotatable bonds is 2. The van der Waals surface area contributed by atoms with Crippen LogP contribution in [0.5, 0.6) is 0 Å². The molecule has 3 N–H and O–H groups in total. The lowest BCUT2D eigenvalue weighted by molar-refractivity contribution is 0.683. The van der Waals surface area contributed by atoms with Crippen molar-refractivity contribution < 1.29 is 0 Å². The molecule has 1 atom stereocenters. The van der Waals surface area contributed by atoms with Crippen molar-refractivity contribution in [2.45, 2.75) is 18.9 Å². The van der Waals surface area contributed by atoms with Crippen molar-refractivity contribution in [1.29, 1.82) is 0 Å². The van der Waals surface area contributed by atoms with Gasteiger partial charge in [0.1, 0.15) is 5.82 Å². The van der Waals surface area contributed by atoms with Gasteiger partial charge in [-0.25, -0.2) is 4.98 Å². The van der Waals surface area contributed by atoms with Gasteiger partial charge in [-0.15, -0.1) is 0 Å². The van der Waals surface area contributed by atoms with Crippen LogP contribution in [0.4, 0.5) is 11.5 Å². The SMILES string of the molecule is Nc1ccc2nc(NC3CCCSC3)ccc2c1. The van der Waals surface area contributed by atoms with Crippen LogP contribution in [0.1, 0.15) is 12.8 Å². The molecule has 0 saturated carbocycles. The zero-order chi connectivity index (χ0) is 12.4. The van der Waals surface area contributed by atoms with E-state index >= 15 is 0 Å². The third kappa shape index (κ3) is 2.53. The number of nitrogens with two attached hydrogens (primary N) is 1. The summed E-state index contributed by atoms with van der Waals surface area (Å²) >= 11 is 2.02. The van der Waals surface area contributed by atoms with E-state index in [1.807, 2.05) is 36.0 Å². The summed E-state index contributed by atoms with van der Waals surface area (Å²) in [7, 11) is 0. The fourth-order valence-corrected chi connectivity index (χ4v) is 3.36. The Hall–Kier alpha value is -1.42. The van der Waals surface area contributed by atoms with Crippen LogP contribution in [-0.4, -0.2) is 22.5 Å². The second kappa shape index (κ2) is 5.06. The quantitative estimate of drug-likeness (QED) is 0.814. The molecular formula is C14H17N3S. The Bertz CT molecular complexity index is 550. The van der Waals surface area contributed by atoms with Crippen molar-refractivity contribution in [2.24, 2.45) is 0 Å². The minimum atomic E-state index is 0.558. The summed E-state index contributed by atoms with van der Waals surface area (Å²) in [6.07, 6.45) is 2.54. The topological polar surface area (TPSA) is 50.9 Å². The zero-order valence-corrected chi connectivity index (χ0v) is 11.0. The molecule has 0 aliphatic carbocycles. The predicted octanol–water partition coefficient (Wildman–Crippen LogP) is 3.12. The standard InChI is InChI=1S/C14H17N3S/c15-11-4-5-13-10(8-11)3-6-14(17-13)16-12-2-1-7-18-9-12/h3-6,8,12H,1-2,7,9,15H2,(H,16,17). The van der Waals surface area contributed by atoms with Crippen LogP contribution in [0.2, 0.25) is 0 Å². The number of pyridine rings is 1. The van der Waals surface area contributed by atoms with E-state index in [4.69, 9.17) is 5.73 Å². The van der Waals surface area contributed by atoms with Gasteiger partial charge in [-0.3, -0.25) is 0 Å². The van der Waals surface area contributed by atoms with Crippen molar-refractivity contribution in [3.8, 4) is 0 Å². The van der Waals surface area contributed by atoms with E-state index in [-0.39, 0.29) is 0 Å². The first-order chi connectivity index (χ1) is 8.81. The predicted molar refractivity (Wildman–Crippen MR) is 80.1 cm³/mol. The van der Waals surface area contributed by atoms with Gasteiger partial charge in [-0.2, -0.15) is 11.8 Å². The Morgan fingerprint density at radius 1 is 1.28 bits per heavy atom. The smallest absolute Gasteiger partial charge is 0.126 e. The van der Waals surface area contributed by atoms with Crippen LogP contribution >= 0.6 is 11.8 Å². The van der Waals surface area contributed by atoms with Crippen molar-refractivity contribution in [2.75, 3.05) is 22.6 Å². The summed E-state index contributed by atoms with van der Waals surface area (Å²) in [5.41, 5.74) is 7.55. The van der Waals surface area contributed by atoms with E-state index in [0.29, 0.717) is 6.04 Å². The number of nitrogens with zero attached hydrogens (tertiary/aromatic N) is 1. The average Bonchev–Trinajstić information content (AvgIpc) is 2.40. The van der Waals surface area contributed by atoms with Gasteiger partial charge in [-0.1, -0.05) is 0 Å². The molecule has 1 unspecified atom stereocenters. The van der Waals surface area contributed by atoms with E-state index in [0.717, 1.165) is 22.4 Å². The van der Waals surface area contributed by atoms with Gasteiger partial charge in [0.15, 0.2) is 0 Å². The molecule has 1 saturated heterocycles. The van der Waals surface area contributed by atoms with Crippen molar-refractivity contribution in [1.82, 2.24) is 4.98 Å². The molecule has 0 amide bonds. The Kier molecular flexibility index (Phi) is 3.28. The maximum absolute atomic E-state index is 5.77. The molecule has 1 aliphatic heterocycles. The summed E-state index contributed by atoms with van der Waals surface area (Å²) in [5.74, 6) is 3.45. The molecule has 3 rings (SSSR count). The van der Waals surface area contributed by atoms with E-state index in [1.165, 1.54) is 24.3 Å². The molecule has 0 radical (unpaired) electrons. The molecule has 0 bridgehead atoms. The molecule has 18 heavy (non-hydrogen) atoms. The number of hydrogen-bond acceptors (Lipinski definition) is 4. The van der Waals surface area contributed by atoms with Crippen molar-refractivity contribution in [3.05, 3.63) is 30.3 Å². The highest BCUT2D eigenvalue weighted by Gasteiger charge is 2.13. The highest BCUT2D eigenvalue weighted by molar-refractivity contribution is 7.99. The summed E-state index contributed by atoms with van der Waals surface area (Å²) in [4.78, 5) is 4.63. The second-order valence-electron chi connectivity index (χ2n) is 4.71. The van der Waals surface area contributed by atoms with Crippen LogP contribution in [0.25, 0.3) is 10.9 Å². The van der Waals surface area contributed by atoms with E-state index in [9.17, 15) is 0 Å². The van der Waals surface area contributed by atoms with Gasteiger partial charge in [-0.05, 0) is 48.9 Å².